The molecule has 7 heteroatoms. The number of thiocarbonyl (C=S) groups is 2. The lowest BCUT2D eigenvalue weighted by molar-refractivity contribution is 0.252. The van der Waals surface area contributed by atoms with Crippen LogP contribution < -0.4 is 10.9 Å². The van der Waals surface area contributed by atoms with Gasteiger partial charge in [0, 0.05) is 0 Å². The van der Waals surface area contributed by atoms with Gasteiger partial charge in [0.15, 0.2) is 0 Å². The molecule has 1 fully saturated rings. The van der Waals surface area contributed by atoms with Gasteiger partial charge in [0.2, 0.25) is 0 Å². The zero-order valence-corrected chi connectivity index (χ0v) is 9.72. The van der Waals surface area contributed by atoms with Crippen molar-refractivity contribution in [3.8, 4) is 0 Å². The van der Waals surface area contributed by atoms with Gasteiger partial charge in [-0.1, -0.05) is 34.5 Å². The van der Waals surface area contributed by atoms with Crippen molar-refractivity contribution in [1.29, 1.82) is 0 Å². The number of rotatable bonds is 2. The van der Waals surface area contributed by atoms with E-state index in [0.29, 0.717) is 8.64 Å². The minimum Gasteiger partial charge on any atom is -0.383 e. The Hall–Kier alpha value is 0.0500. The molecule has 4 nitrogen and oxygen atoms in total. The van der Waals surface area contributed by atoms with E-state index in [9.17, 15) is 10.2 Å². The van der Waals surface area contributed by atoms with Crippen LogP contribution in [0.1, 0.15) is 13.8 Å². The maximum atomic E-state index is 9.64. The van der Waals surface area contributed by atoms with Gasteiger partial charge in [0.25, 0.3) is 0 Å². The van der Waals surface area contributed by atoms with E-state index in [1.807, 2.05) is 0 Å². The van der Waals surface area contributed by atoms with Crippen LogP contribution in [0.2, 0.25) is 0 Å². The standard InChI is InChI=1S/C6H12N2O2S3/c1-3(9)13(4(2)10)5(11)7-8-6(13)12/h3-4,9-10H,1-2H3,(H,7,11)(H,8,12). The molecule has 1 rings (SSSR count). The van der Waals surface area contributed by atoms with Crippen molar-refractivity contribution >= 4 is 43.1 Å². The minimum absolute atomic E-state index is 0.419. The van der Waals surface area contributed by atoms with Crippen molar-refractivity contribution in [3.63, 3.8) is 0 Å². The molecular formula is C6H12N2O2S3. The molecule has 0 spiro atoms. The molecule has 0 radical (unpaired) electrons. The van der Waals surface area contributed by atoms with Gasteiger partial charge >= 0.3 is 0 Å². The molecule has 2 atom stereocenters. The van der Waals surface area contributed by atoms with Crippen LogP contribution in [0.4, 0.5) is 0 Å². The molecule has 0 amide bonds. The topological polar surface area (TPSA) is 64.5 Å². The van der Waals surface area contributed by atoms with E-state index in [2.05, 4.69) is 10.9 Å². The smallest absolute Gasteiger partial charge is 0.145 e. The van der Waals surface area contributed by atoms with Crippen LogP contribution in [0.5, 0.6) is 0 Å². The Balaban J connectivity index is 3.15. The summed E-state index contributed by atoms with van der Waals surface area (Å²) in [5, 5.41) is 19.3. The van der Waals surface area contributed by atoms with E-state index in [0.717, 1.165) is 0 Å². The largest absolute Gasteiger partial charge is 0.383 e. The fourth-order valence-corrected chi connectivity index (χ4v) is 6.11. The Labute approximate surface area is 89.0 Å². The van der Waals surface area contributed by atoms with E-state index in [-0.39, 0.29) is 0 Å². The number of aliphatic hydroxyl groups excluding tert-OH is 2. The Morgan fingerprint density at radius 2 is 1.38 bits per heavy atom. The molecule has 4 N–H and O–H groups in total. The Kier molecular flexibility index (Phi) is 3.13. The maximum Gasteiger partial charge on any atom is 0.145 e. The molecule has 0 aromatic rings. The molecule has 0 saturated carbocycles. The number of aliphatic hydroxyl groups is 2. The van der Waals surface area contributed by atoms with Crippen LogP contribution in [0.15, 0.2) is 0 Å². The third kappa shape index (κ3) is 1.44. The van der Waals surface area contributed by atoms with Crippen molar-refractivity contribution < 1.29 is 10.2 Å². The summed E-state index contributed by atoms with van der Waals surface area (Å²) in [6.45, 7) is 3.19. The molecule has 1 heterocycles. The van der Waals surface area contributed by atoms with Gasteiger partial charge in [-0.3, -0.25) is 10.9 Å². The van der Waals surface area contributed by atoms with Crippen LogP contribution in [-0.4, -0.2) is 29.7 Å². The van der Waals surface area contributed by atoms with Gasteiger partial charge in [-0.25, -0.2) is 0 Å². The number of hydrogen-bond donors (Lipinski definition) is 4. The molecule has 1 aliphatic heterocycles. The predicted molar refractivity (Wildman–Crippen MR) is 62.4 cm³/mol. The van der Waals surface area contributed by atoms with E-state index >= 15 is 0 Å². The molecule has 76 valence electrons. The third-order valence-electron chi connectivity index (χ3n) is 1.96. The van der Waals surface area contributed by atoms with Gasteiger partial charge in [-0.15, -0.1) is 0 Å². The first-order valence-electron chi connectivity index (χ1n) is 3.71. The minimum atomic E-state index is -2.00. The summed E-state index contributed by atoms with van der Waals surface area (Å²) in [5.41, 5.74) is 3.88. The highest BCUT2D eigenvalue weighted by atomic mass is 32.3. The summed E-state index contributed by atoms with van der Waals surface area (Å²) in [5.74, 6) is 0. The summed E-state index contributed by atoms with van der Waals surface area (Å²) in [7, 11) is -2.00. The van der Waals surface area contributed by atoms with E-state index in [1.54, 1.807) is 13.8 Å². The van der Waals surface area contributed by atoms with Gasteiger partial charge in [0.1, 0.15) is 8.64 Å². The van der Waals surface area contributed by atoms with Gasteiger partial charge < -0.3 is 10.2 Å². The summed E-state index contributed by atoms with van der Waals surface area (Å²) >= 11 is 10.1. The zero-order valence-electron chi connectivity index (χ0n) is 7.27. The highest BCUT2D eigenvalue weighted by Gasteiger charge is 2.46. The lowest BCUT2D eigenvalue weighted by Gasteiger charge is -2.38. The number of hydrazine groups is 1. The third-order valence-corrected chi connectivity index (χ3v) is 7.40. The molecule has 13 heavy (non-hydrogen) atoms. The van der Waals surface area contributed by atoms with Crippen molar-refractivity contribution in [3.05, 3.63) is 0 Å². The van der Waals surface area contributed by atoms with Crippen molar-refractivity contribution in [1.82, 2.24) is 10.9 Å². The van der Waals surface area contributed by atoms with Crippen LogP contribution in [0, 0.1) is 0 Å². The van der Waals surface area contributed by atoms with Gasteiger partial charge in [0.05, 0.1) is 10.9 Å². The Morgan fingerprint density at radius 3 is 1.54 bits per heavy atom. The molecule has 0 bridgehead atoms. The SMILES string of the molecule is CC(O)S1(C(C)O)C(=S)NNC1=S. The summed E-state index contributed by atoms with van der Waals surface area (Å²) < 4.78 is 0.838. The molecule has 0 aromatic heterocycles. The summed E-state index contributed by atoms with van der Waals surface area (Å²) in [4.78, 5) is 0. The van der Waals surface area contributed by atoms with Crippen LogP contribution in [-0.2, 0) is 0 Å². The Morgan fingerprint density at radius 1 is 1.08 bits per heavy atom. The molecule has 1 saturated heterocycles. The first kappa shape index (κ1) is 11.1. The van der Waals surface area contributed by atoms with Gasteiger partial charge in [-0.2, -0.15) is 0 Å². The fourth-order valence-electron chi connectivity index (χ4n) is 1.26. The fraction of sp³-hybridized carbons (Fsp3) is 0.667. The second-order valence-corrected chi connectivity index (χ2v) is 7.67. The molecule has 1 aliphatic rings. The van der Waals surface area contributed by atoms with Crippen LogP contribution >= 0.6 is 34.5 Å². The summed E-state index contributed by atoms with van der Waals surface area (Å²) in [6.07, 6.45) is 0. The molecule has 0 aromatic carbocycles. The number of hydrogen-bond acceptors (Lipinski definition) is 4. The normalized spacial score (nSPS) is 27.4. The van der Waals surface area contributed by atoms with E-state index in [4.69, 9.17) is 24.4 Å². The molecular weight excluding hydrogens is 228 g/mol. The molecule has 0 aliphatic carbocycles. The van der Waals surface area contributed by atoms with Crippen molar-refractivity contribution in [2.75, 3.05) is 0 Å². The first-order chi connectivity index (χ1) is 5.94. The lowest BCUT2D eigenvalue weighted by Crippen LogP contribution is -2.32. The highest BCUT2D eigenvalue weighted by Crippen LogP contribution is 2.58. The highest BCUT2D eigenvalue weighted by molar-refractivity contribution is 8.63. The first-order valence-corrected chi connectivity index (χ1v) is 6.28. The predicted octanol–water partition coefficient (Wildman–Crippen LogP) is 0.145. The average Bonchev–Trinajstić information content (AvgIpc) is 2.27. The van der Waals surface area contributed by atoms with Gasteiger partial charge in [-0.05, 0) is 13.8 Å². The lowest BCUT2D eigenvalue weighted by atomic mass is 10.9. The molecule has 2 unspecified atom stereocenters. The van der Waals surface area contributed by atoms with Crippen LogP contribution in [0.25, 0.3) is 0 Å². The van der Waals surface area contributed by atoms with Crippen molar-refractivity contribution in [2.45, 2.75) is 24.7 Å². The monoisotopic (exact) mass is 240 g/mol. The number of nitrogens with one attached hydrogen (secondary N) is 2. The second-order valence-electron chi connectivity index (χ2n) is 2.73. The Bertz CT molecular complexity index is 228. The van der Waals surface area contributed by atoms with Crippen molar-refractivity contribution in [2.24, 2.45) is 0 Å². The average molecular weight is 240 g/mol. The maximum absolute atomic E-state index is 9.64. The quantitative estimate of drug-likeness (QED) is 0.515. The van der Waals surface area contributed by atoms with E-state index in [1.165, 1.54) is 0 Å². The second kappa shape index (κ2) is 3.66. The van der Waals surface area contributed by atoms with Crippen LogP contribution in [0.3, 0.4) is 0 Å². The van der Waals surface area contributed by atoms with E-state index < -0.39 is 20.9 Å². The summed E-state index contributed by atoms with van der Waals surface area (Å²) in [6, 6.07) is 0. The zero-order chi connectivity index (χ0) is 10.2.